The Labute approximate surface area is 149 Å². The van der Waals surface area contributed by atoms with E-state index in [1.54, 1.807) is 0 Å². The Morgan fingerprint density at radius 3 is 2.31 bits per heavy atom. The van der Waals surface area contributed by atoms with Crippen LogP contribution in [-0.4, -0.2) is 32.6 Å². The molecule has 26 heavy (non-hydrogen) atoms. The summed E-state index contributed by atoms with van der Waals surface area (Å²) in [6.45, 7) is 0. The van der Waals surface area contributed by atoms with Crippen LogP contribution in [0.1, 0.15) is 21.5 Å². The lowest BCUT2D eigenvalue weighted by Gasteiger charge is -2.11. The van der Waals surface area contributed by atoms with Crippen molar-refractivity contribution in [2.45, 2.75) is 11.1 Å². The maximum absolute atomic E-state index is 13.0. The molecule has 2 rings (SSSR count). The van der Waals surface area contributed by atoms with Crippen molar-refractivity contribution < 1.29 is 26.4 Å². The van der Waals surface area contributed by atoms with Gasteiger partial charge in [-0.05, 0) is 29.8 Å². The van der Waals surface area contributed by atoms with Gasteiger partial charge in [0.2, 0.25) is 10.0 Å². The number of nitrogens with zero attached hydrogens (tertiary/aromatic N) is 1. The average Bonchev–Trinajstić information content (AvgIpc) is 2.59. The van der Waals surface area contributed by atoms with Gasteiger partial charge in [-0.1, -0.05) is 36.4 Å². The summed E-state index contributed by atoms with van der Waals surface area (Å²) >= 11 is 0. The Morgan fingerprint density at radius 2 is 1.69 bits per heavy atom. The Bertz CT molecular complexity index is 948. The fourth-order valence-corrected chi connectivity index (χ4v) is 3.13. The van der Waals surface area contributed by atoms with E-state index in [4.69, 9.17) is 0 Å². The van der Waals surface area contributed by atoms with E-state index in [9.17, 15) is 26.4 Å². The van der Waals surface area contributed by atoms with Crippen molar-refractivity contribution in [3.8, 4) is 0 Å². The van der Waals surface area contributed by atoms with E-state index in [1.807, 2.05) is 0 Å². The van der Waals surface area contributed by atoms with Crippen molar-refractivity contribution in [1.29, 1.82) is 0 Å². The normalized spacial score (nSPS) is 12.7. The van der Waals surface area contributed by atoms with E-state index >= 15 is 0 Å². The van der Waals surface area contributed by atoms with E-state index in [2.05, 4.69) is 0 Å². The van der Waals surface area contributed by atoms with Crippen molar-refractivity contribution in [2.75, 3.05) is 14.1 Å². The van der Waals surface area contributed by atoms with E-state index in [1.165, 1.54) is 56.6 Å². The van der Waals surface area contributed by atoms with Gasteiger partial charge in [-0.15, -0.1) is 0 Å². The summed E-state index contributed by atoms with van der Waals surface area (Å²) in [5.74, 6) is -0.599. The van der Waals surface area contributed by atoms with Crippen molar-refractivity contribution in [1.82, 2.24) is 4.31 Å². The van der Waals surface area contributed by atoms with Gasteiger partial charge in [0.15, 0.2) is 5.78 Å². The number of hydrogen-bond acceptors (Lipinski definition) is 3. The second-order valence-corrected chi connectivity index (χ2v) is 7.75. The summed E-state index contributed by atoms with van der Waals surface area (Å²) in [6.07, 6.45) is -2.48. The molecule has 0 unspecified atom stereocenters. The molecule has 0 atom stereocenters. The predicted octanol–water partition coefficient (Wildman–Crippen LogP) is 3.85. The highest BCUT2D eigenvalue weighted by atomic mass is 32.2. The maximum Gasteiger partial charge on any atom is 0.416 e. The van der Waals surface area contributed by atoms with Crippen LogP contribution in [0.4, 0.5) is 13.2 Å². The van der Waals surface area contributed by atoms with Crippen LogP contribution in [-0.2, 0) is 16.2 Å². The highest BCUT2D eigenvalue weighted by Gasteiger charge is 2.32. The zero-order chi connectivity index (χ0) is 19.5. The molecule has 8 heteroatoms. The molecule has 0 bridgehead atoms. The molecule has 2 aromatic rings. The summed E-state index contributed by atoms with van der Waals surface area (Å²) in [5, 5.41) is 0. The van der Waals surface area contributed by atoms with E-state index in [0.29, 0.717) is 0 Å². The van der Waals surface area contributed by atoms with Gasteiger partial charge in [0.25, 0.3) is 0 Å². The fraction of sp³-hybridized carbons (Fsp3) is 0.167. The van der Waals surface area contributed by atoms with Crippen molar-refractivity contribution >= 4 is 21.9 Å². The first kappa shape index (κ1) is 19.9. The molecule has 138 valence electrons. The van der Waals surface area contributed by atoms with Crippen LogP contribution in [0.15, 0.2) is 59.5 Å². The molecular formula is C18H16F3NO3S. The lowest BCUT2D eigenvalue weighted by Crippen LogP contribution is -2.22. The van der Waals surface area contributed by atoms with E-state index in [-0.39, 0.29) is 16.0 Å². The van der Waals surface area contributed by atoms with E-state index in [0.717, 1.165) is 22.5 Å². The highest BCUT2D eigenvalue weighted by Crippen LogP contribution is 2.32. The molecule has 0 heterocycles. The lowest BCUT2D eigenvalue weighted by atomic mass is 10.0. The van der Waals surface area contributed by atoms with Gasteiger partial charge in [-0.25, -0.2) is 12.7 Å². The first-order valence-electron chi connectivity index (χ1n) is 7.44. The Hall–Kier alpha value is -2.45. The second kappa shape index (κ2) is 7.43. The number of carbonyl (C=O) groups is 1. The molecule has 0 N–H and O–H groups in total. The Morgan fingerprint density at radius 1 is 1.04 bits per heavy atom. The van der Waals surface area contributed by atoms with Gasteiger partial charge < -0.3 is 0 Å². The summed E-state index contributed by atoms with van der Waals surface area (Å²) in [5.41, 5.74) is -0.938. The topological polar surface area (TPSA) is 54.5 Å². The minimum Gasteiger partial charge on any atom is -0.289 e. The smallest absolute Gasteiger partial charge is 0.289 e. The van der Waals surface area contributed by atoms with Crippen LogP contribution in [0.3, 0.4) is 0 Å². The van der Waals surface area contributed by atoms with Crippen LogP contribution in [0.2, 0.25) is 0 Å². The number of allylic oxidation sites excluding steroid dienone is 1. The summed E-state index contributed by atoms with van der Waals surface area (Å²) in [4.78, 5) is 12.2. The van der Waals surface area contributed by atoms with Crippen LogP contribution < -0.4 is 0 Å². The number of alkyl halides is 3. The number of ketones is 1. The van der Waals surface area contributed by atoms with Crippen LogP contribution >= 0.6 is 0 Å². The third-order valence-electron chi connectivity index (χ3n) is 3.58. The van der Waals surface area contributed by atoms with Crippen LogP contribution in [0.5, 0.6) is 0 Å². The molecule has 0 aliphatic carbocycles. The molecule has 0 amide bonds. The first-order chi connectivity index (χ1) is 12.0. The van der Waals surface area contributed by atoms with Gasteiger partial charge in [0.05, 0.1) is 10.5 Å². The standard InChI is InChI=1S/C18H16F3NO3S/c1-22(2)26(24,25)15-8-5-7-14(12-15)17(23)11-10-13-6-3-4-9-16(13)18(19,20)21/h3-12H,1-2H3/b11-10+. The van der Waals surface area contributed by atoms with Crippen molar-refractivity contribution in [3.05, 3.63) is 71.3 Å². The van der Waals surface area contributed by atoms with Crippen molar-refractivity contribution in [2.24, 2.45) is 0 Å². The zero-order valence-corrected chi connectivity index (χ0v) is 14.8. The summed E-state index contributed by atoms with van der Waals surface area (Å²) in [7, 11) is -1.000. The fourth-order valence-electron chi connectivity index (χ4n) is 2.18. The van der Waals surface area contributed by atoms with Crippen molar-refractivity contribution in [3.63, 3.8) is 0 Å². The average molecular weight is 383 g/mol. The molecule has 0 spiro atoms. The van der Waals surface area contributed by atoms with Gasteiger partial charge in [-0.3, -0.25) is 4.79 Å². The quantitative estimate of drug-likeness (QED) is 0.582. The van der Waals surface area contributed by atoms with Crippen LogP contribution in [0.25, 0.3) is 6.08 Å². The number of rotatable bonds is 5. The van der Waals surface area contributed by atoms with Gasteiger partial charge in [-0.2, -0.15) is 13.2 Å². The number of carbonyl (C=O) groups excluding carboxylic acids is 1. The molecule has 0 saturated heterocycles. The van der Waals surface area contributed by atoms with E-state index < -0.39 is 27.5 Å². The predicted molar refractivity (Wildman–Crippen MR) is 92.1 cm³/mol. The lowest BCUT2D eigenvalue weighted by molar-refractivity contribution is -0.137. The molecule has 0 aliphatic rings. The highest BCUT2D eigenvalue weighted by molar-refractivity contribution is 7.89. The maximum atomic E-state index is 13.0. The van der Waals surface area contributed by atoms with Gasteiger partial charge in [0.1, 0.15) is 0 Å². The molecule has 0 fully saturated rings. The molecule has 0 radical (unpaired) electrons. The molecule has 4 nitrogen and oxygen atoms in total. The summed E-state index contributed by atoms with van der Waals surface area (Å²) < 4.78 is 64.1. The number of sulfonamides is 1. The number of halogens is 3. The van der Waals surface area contributed by atoms with Crippen LogP contribution in [0, 0.1) is 0 Å². The summed E-state index contributed by atoms with van der Waals surface area (Å²) in [6, 6.07) is 10.2. The molecule has 2 aromatic carbocycles. The SMILES string of the molecule is CN(C)S(=O)(=O)c1cccc(C(=O)/C=C/c2ccccc2C(F)(F)F)c1. The third-order valence-corrected chi connectivity index (χ3v) is 5.39. The largest absolute Gasteiger partial charge is 0.416 e. The van der Waals surface area contributed by atoms with Gasteiger partial charge in [0, 0.05) is 19.7 Å². The molecule has 0 aromatic heterocycles. The third kappa shape index (κ3) is 4.39. The minimum absolute atomic E-state index is 0.0636. The zero-order valence-electron chi connectivity index (χ0n) is 14.0. The Balaban J connectivity index is 2.34. The molecule has 0 saturated carbocycles. The number of hydrogen-bond donors (Lipinski definition) is 0. The first-order valence-corrected chi connectivity index (χ1v) is 8.88. The van der Waals surface area contributed by atoms with Gasteiger partial charge >= 0.3 is 6.18 Å². The molecular weight excluding hydrogens is 367 g/mol. The Kier molecular flexibility index (Phi) is 5.68. The minimum atomic E-state index is -4.54. The molecule has 0 aliphatic heterocycles. The monoisotopic (exact) mass is 383 g/mol. The number of benzene rings is 2. The second-order valence-electron chi connectivity index (χ2n) is 5.60.